The minimum absolute atomic E-state index is 0.0221. The molecular formula is C23H14F3N3O6S. The van der Waals surface area contributed by atoms with E-state index in [9.17, 15) is 32.9 Å². The van der Waals surface area contributed by atoms with Gasteiger partial charge in [0.2, 0.25) is 0 Å². The number of nitrogens with zero attached hydrogens (tertiary/aromatic N) is 2. The van der Waals surface area contributed by atoms with Gasteiger partial charge < -0.3 is 9.15 Å². The number of rotatable bonds is 5. The van der Waals surface area contributed by atoms with Crippen LogP contribution in [-0.2, 0) is 15.8 Å². The van der Waals surface area contributed by atoms with Gasteiger partial charge in [-0.1, -0.05) is 6.07 Å². The van der Waals surface area contributed by atoms with E-state index in [-0.39, 0.29) is 39.3 Å². The standard InChI is InChI=1S/C23H14F3N3O6S/c1-34-18-7-5-14(29(32)33)10-16(18)19-8-6-15(35-19)11-17-20(30)27-22(36)28(21(17)31)13-4-2-3-12(9-13)23(24,25)26/h2-11H,1H3,(H,27,30,36)/b17-11+. The Bertz CT molecular complexity index is 1450. The number of nitro groups is 1. The number of hydrogen-bond donors (Lipinski definition) is 1. The van der Waals surface area contributed by atoms with Gasteiger partial charge in [0.15, 0.2) is 5.11 Å². The highest BCUT2D eigenvalue weighted by Gasteiger charge is 2.37. The molecule has 4 rings (SSSR count). The summed E-state index contributed by atoms with van der Waals surface area (Å²) in [6.07, 6.45) is -3.57. The van der Waals surface area contributed by atoms with Crippen LogP contribution in [-0.4, -0.2) is 29.0 Å². The maximum Gasteiger partial charge on any atom is 0.416 e. The number of ether oxygens (including phenoxy) is 1. The fourth-order valence-corrected chi connectivity index (χ4v) is 3.71. The van der Waals surface area contributed by atoms with Crippen LogP contribution in [0, 0.1) is 10.1 Å². The van der Waals surface area contributed by atoms with Gasteiger partial charge in [0.05, 0.1) is 28.8 Å². The number of carbonyl (C=O) groups excluding carboxylic acids is 2. The van der Waals surface area contributed by atoms with E-state index in [1.165, 1.54) is 43.5 Å². The van der Waals surface area contributed by atoms with Crippen LogP contribution < -0.4 is 15.0 Å². The number of amides is 2. The lowest BCUT2D eigenvalue weighted by Crippen LogP contribution is -2.54. The van der Waals surface area contributed by atoms with Crippen molar-refractivity contribution in [2.45, 2.75) is 6.18 Å². The van der Waals surface area contributed by atoms with Crippen molar-refractivity contribution in [3.05, 3.63) is 81.6 Å². The number of methoxy groups -OCH3 is 1. The lowest BCUT2D eigenvalue weighted by Gasteiger charge is -2.29. The van der Waals surface area contributed by atoms with Crippen LogP contribution in [0.1, 0.15) is 11.3 Å². The van der Waals surface area contributed by atoms with E-state index < -0.39 is 34.1 Å². The minimum atomic E-state index is -4.66. The van der Waals surface area contributed by atoms with E-state index in [2.05, 4.69) is 5.32 Å². The van der Waals surface area contributed by atoms with E-state index in [4.69, 9.17) is 21.4 Å². The first-order chi connectivity index (χ1) is 17.0. The van der Waals surface area contributed by atoms with Gasteiger partial charge in [-0.15, -0.1) is 0 Å². The number of nitrogens with one attached hydrogen (secondary N) is 1. The second-order valence-electron chi connectivity index (χ2n) is 7.35. The predicted molar refractivity (Wildman–Crippen MR) is 125 cm³/mol. The fraction of sp³-hybridized carbons (Fsp3) is 0.0870. The normalized spacial score (nSPS) is 15.3. The number of alkyl halides is 3. The van der Waals surface area contributed by atoms with Crippen LogP contribution >= 0.6 is 12.2 Å². The van der Waals surface area contributed by atoms with Crippen molar-refractivity contribution < 1.29 is 36.8 Å². The summed E-state index contributed by atoms with van der Waals surface area (Å²) in [5.74, 6) is -1.39. The zero-order valence-electron chi connectivity index (χ0n) is 18.2. The van der Waals surface area contributed by atoms with Gasteiger partial charge in [-0.2, -0.15) is 13.2 Å². The summed E-state index contributed by atoms with van der Waals surface area (Å²) in [5, 5.41) is 13.0. The highest BCUT2D eigenvalue weighted by atomic mass is 32.1. The fourth-order valence-electron chi connectivity index (χ4n) is 3.43. The van der Waals surface area contributed by atoms with E-state index in [0.717, 1.165) is 29.2 Å². The van der Waals surface area contributed by atoms with E-state index >= 15 is 0 Å². The number of furan rings is 1. The second kappa shape index (κ2) is 9.26. The molecule has 2 heterocycles. The van der Waals surface area contributed by atoms with Crippen LogP contribution in [0.15, 0.2) is 64.6 Å². The van der Waals surface area contributed by atoms with Crippen molar-refractivity contribution in [2.24, 2.45) is 0 Å². The van der Waals surface area contributed by atoms with Crippen molar-refractivity contribution in [3.8, 4) is 17.1 Å². The van der Waals surface area contributed by atoms with Crippen LogP contribution in [0.25, 0.3) is 17.4 Å². The summed E-state index contributed by atoms with van der Waals surface area (Å²) in [7, 11) is 1.37. The van der Waals surface area contributed by atoms with Gasteiger partial charge in [0.25, 0.3) is 17.5 Å². The zero-order valence-corrected chi connectivity index (χ0v) is 19.0. The van der Waals surface area contributed by atoms with Gasteiger partial charge in [-0.05, 0) is 54.7 Å². The molecule has 0 unspecified atom stereocenters. The summed E-state index contributed by atoms with van der Waals surface area (Å²) >= 11 is 5.02. The summed E-state index contributed by atoms with van der Waals surface area (Å²) < 4.78 is 50.3. The second-order valence-corrected chi connectivity index (χ2v) is 7.74. The third-order valence-corrected chi connectivity index (χ3v) is 5.39. The molecule has 0 aliphatic carbocycles. The first-order valence-corrected chi connectivity index (χ1v) is 10.4. The number of non-ortho nitro benzene ring substituents is 1. The van der Waals surface area contributed by atoms with Gasteiger partial charge in [0.1, 0.15) is 22.8 Å². The highest BCUT2D eigenvalue weighted by molar-refractivity contribution is 7.80. The Hall–Kier alpha value is -4.52. The lowest BCUT2D eigenvalue weighted by atomic mass is 10.1. The molecule has 1 aromatic heterocycles. The van der Waals surface area contributed by atoms with E-state index in [1.807, 2.05) is 0 Å². The van der Waals surface area contributed by atoms with Crippen molar-refractivity contribution in [1.29, 1.82) is 0 Å². The molecule has 0 atom stereocenters. The lowest BCUT2D eigenvalue weighted by molar-refractivity contribution is -0.384. The molecule has 0 spiro atoms. The topological polar surface area (TPSA) is 115 Å². The van der Waals surface area contributed by atoms with Gasteiger partial charge in [-0.25, -0.2) is 0 Å². The third-order valence-electron chi connectivity index (χ3n) is 5.11. The molecule has 1 N–H and O–H groups in total. The summed E-state index contributed by atoms with van der Waals surface area (Å²) in [5.41, 5.74) is -1.60. The Kier molecular flexibility index (Phi) is 6.33. The van der Waals surface area contributed by atoms with Crippen molar-refractivity contribution in [3.63, 3.8) is 0 Å². The van der Waals surface area contributed by atoms with E-state index in [1.54, 1.807) is 0 Å². The molecule has 1 fully saturated rings. The maximum absolute atomic E-state index is 13.1. The van der Waals surface area contributed by atoms with Gasteiger partial charge in [-0.3, -0.25) is 29.9 Å². The van der Waals surface area contributed by atoms with Crippen molar-refractivity contribution in [1.82, 2.24) is 5.32 Å². The van der Waals surface area contributed by atoms with E-state index in [0.29, 0.717) is 0 Å². The van der Waals surface area contributed by atoms with Crippen LogP contribution in [0.4, 0.5) is 24.5 Å². The van der Waals surface area contributed by atoms with Crippen LogP contribution in [0.2, 0.25) is 0 Å². The van der Waals surface area contributed by atoms with Crippen molar-refractivity contribution >= 4 is 46.6 Å². The smallest absolute Gasteiger partial charge is 0.416 e. The van der Waals surface area contributed by atoms with Gasteiger partial charge in [0, 0.05) is 12.1 Å². The molecule has 0 radical (unpaired) electrons. The number of hydrogen-bond acceptors (Lipinski definition) is 7. The average molecular weight is 517 g/mol. The predicted octanol–water partition coefficient (Wildman–Crippen LogP) is 4.71. The Morgan fingerprint density at radius 3 is 2.56 bits per heavy atom. The molecule has 1 aliphatic rings. The number of anilines is 1. The first-order valence-electron chi connectivity index (χ1n) is 10.0. The number of nitro benzene ring substituents is 1. The quantitative estimate of drug-likeness (QED) is 0.171. The molecular weight excluding hydrogens is 503 g/mol. The van der Waals surface area contributed by atoms with Gasteiger partial charge >= 0.3 is 6.18 Å². The summed E-state index contributed by atoms with van der Waals surface area (Å²) in [6, 6.07) is 10.7. The van der Waals surface area contributed by atoms with Crippen molar-refractivity contribution in [2.75, 3.05) is 12.0 Å². The molecule has 36 heavy (non-hydrogen) atoms. The Labute approximate surface area is 205 Å². The largest absolute Gasteiger partial charge is 0.496 e. The molecule has 1 saturated heterocycles. The molecule has 13 heteroatoms. The highest BCUT2D eigenvalue weighted by Crippen LogP contribution is 2.35. The Morgan fingerprint density at radius 1 is 1.14 bits per heavy atom. The van der Waals surface area contributed by atoms with Crippen LogP contribution in [0.5, 0.6) is 5.75 Å². The number of carbonyl (C=O) groups is 2. The third kappa shape index (κ3) is 4.68. The average Bonchev–Trinajstić information content (AvgIpc) is 3.29. The monoisotopic (exact) mass is 517 g/mol. The summed E-state index contributed by atoms with van der Waals surface area (Å²) in [6.45, 7) is 0. The number of thiocarbonyl (C=S) groups is 1. The first kappa shape index (κ1) is 24.6. The molecule has 1 aliphatic heterocycles. The molecule has 0 saturated carbocycles. The molecule has 184 valence electrons. The van der Waals surface area contributed by atoms with Crippen LogP contribution in [0.3, 0.4) is 0 Å². The molecule has 3 aromatic rings. The minimum Gasteiger partial charge on any atom is -0.496 e. The molecule has 0 bridgehead atoms. The maximum atomic E-state index is 13.1. The number of halogens is 3. The zero-order chi connectivity index (χ0) is 26.2. The molecule has 2 amide bonds. The molecule has 9 nitrogen and oxygen atoms in total. The molecule has 2 aromatic carbocycles. The number of benzene rings is 2. The summed E-state index contributed by atoms with van der Waals surface area (Å²) in [4.78, 5) is 36.9. The Balaban J connectivity index is 1.71. The Morgan fingerprint density at radius 2 is 1.89 bits per heavy atom. The SMILES string of the molecule is COc1ccc([N+](=O)[O-])cc1-c1ccc(/C=C2\C(=O)NC(=S)N(c3cccc(C(F)(F)F)c3)C2=O)o1.